The largest absolute Gasteiger partial charge is 0.395 e. The molecule has 2 fully saturated rings. The zero-order valence-electron chi connectivity index (χ0n) is 17.2. The molecule has 160 valence electrons. The van der Waals surface area contributed by atoms with Gasteiger partial charge in [0.15, 0.2) is 5.11 Å². The third-order valence-corrected chi connectivity index (χ3v) is 7.04. The van der Waals surface area contributed by atoms with Crippen molar-refractivity contribution in [2.24, 2.45) is 5.92 Å². The molecule has 0 spiro atoms. The molecule has 0 aromatic heterocycles. The average molecular weight is 435 g/mol. The van der Waals surface area contributed by atoms with E-state index in [0.717, 1.165) is 55.1 Å². The molecule has 1 heterocycles. The van der Waals surface area contributed by atoms with Gasteiger partial charge in [-0.15, -0.1) is 11.8 Å². The van der Waals surface area contributed by atoms with E-state index in [-0.39, 0.29) is 6.61 Å². The standard InChI is InChI=1S/C22H34N4OS2/c1-18(29-17-19-5-3-2-4-6-19)23-22(28)24-20-7-9-21(10-8-20)26-13-11-25(12-14-26)15-16-27/h7-10,19,27H,1-6,11-17H2,(H2,23,24,28). The topological polar surface area (TPSA) is 50.8 Å². The maximum atomic E-state index is 9.06. The molecular formula is C22H34N4OS2. The monoisotopic (exact) mass is 434 g/mol. The van der Waals surface area contributed by atoms with E-state index in [1.807, 2.05) is 0 Å². The van der Waals surface area contributed by atoms with Gasteiger partial charge >= 0.3 is 0 Å². The fraction of sp³-hybridized carbons (Fsp3) is 0.591. The lowest BCUT2D eigenvalue weighted by atomic mass is 9.91. The van der Waals surface area contributed by atoms with Crippen LogP contribution < -0.4 is 15.5 Å². The van der Waals surface area contributed by atoms with Crippen LogP contribution in [0.1, 0.15) is 32.1 Å². The van der Waals surface area contributed by atoms with Crippen molar-refractivity contribution in [1.82, 2.24) is 10.2 Å². The summed E-state index contributed by atoms with van der Waals surface area (Å²) in [6.45, 7) is 9.09. The molecule has 3 rings (SSSR count). The molecule has 1 aromatic rings. The highest BCUT2D eigenvalue weighted by atomic mass is 32.2. The highest BCUT2D eigenvalue weighted by Crippen LogP contribution is 2.28. The Morgan fingerprint density at radius 3 is 2.45 bits per heavy atom. The lowest BCUT2D eigenvalue weighted by molar-refractivity contribution is 0.189. The molecule has 1 aliphatic heterocycles. The third-order valence-electron chi connectivity index (χ3n) is 5.75. The van der Waals surface area contributed by atoms with Gasteiger partial charge in [0, 0.05) is 49.9 Å². The smallest absolute Gasteiger partial charge is 0.175 e. The Labute approximate surface area is 184 Å². The van der Waals surface area contributed by atoms with Crippen LogP contribution in [0.4, 0.5) is 11.4 Å². The van der Waals surface area contributed by atoms with Gasteiger partial charge in [-0.05, 0) is 55.2 Å². The Kier molecular flexibility index (Phi) is 9.11. The summed E-state index contributed by atoms with van der Waals surface area (Å²) in [6, 6.07) is 8.42. The number of hydrogen-bond acceptors (Lipinski definition) is 5. The molecule has 1 aliphatic carbocycles. The number of aliphatic hydroxyl groups is 1. The molecular weight excluding hydrogens is 400 g/mol. The van der Waals surface area contributed by atoms with Crippen molar-refractivity contribution in [2.75, 3.05) is 55.3 Å². The molecule has 1 saturated carbocycles. The summed E-state index contributed by atoms with van der Waals surface area (Å²) < 4.78 is 0. The van der Waals surface area contributed by atoms with E-state index in [1.54, 1.807) is 11.8 Å². The molecule has 5 nitrogen and oxygen atoms in total. The molecule has 0 amide bonds. The minimum atomic E-state index is 0.236. The molecule has 0 bridgehead atoms. The Morgan fingerprint density at radius 2 is 1.79 bits per heavy atom. The van der Waals surface area contributed by atoms with Crippen molar-refractivity contribution in [2.45, 2.75) is 32.1 Å². The summed E-state index contributed by atoms with van der Waals surface area (Å²) in [5, 5.41) is 17.1. The van der Waals surface area contributed by atoms with Crippen LogP contribution >= 0.6 is 24.0 Å². The maximum Gasteiger partial charge on any atom is 0.175 e. The Bertz CT molecular complexity index is 653. The molecule has 0 unspecified atom stereocenters. The first-order valence-corrected chi connectivity index (χ1v) is 12.1. The highest BCUT2D eigenvalue weighted by molar-refractivity contribution is 8.03. The highest BCUT2D eigenvalue weighted by Gasteiger charge is 2.17. The van der Waals surface area contributed by atoms with Crippen LogP contribution in [0, 0.1) is 5.92 Å². The van der Waals surface area contributed by atoms with Crippen molar-refractivity contribution >= 4 is 40.5 Å². The van der Waals surface area contributed by atoms with Crippen molar-refractivity contribution < 1.29 is 5.11 Å². The number of nitrogens with zero attached hydrogens (tertiary/aromatic N) is 2. The van der Waals surface area contributed by atoms with Gasteiger partial charge in [0.1, 0.15) is 0 Å². The minimum Gasteiger partial charge on any atom is -0.395 e. The first kappa shape index (κ1) is 22.4. The lowest BCUT2D eigenvalue weighted by Gasteiger charge is -2.35. The quantitative estimate of drug-likeness (QED) is 0.537. The van der Waals surface area contributed by atoms with Gasteiger partial charge in [0.05, 0.1) is 11.6 Å². The van der Waals surface area contributed by atoms with E-state index in [0.29, 0.717) is 5.11 Å². The van der Waals surface area contributed by atoms with Gasteiger partial charge in [-0.2, -0.15) is 0 Å². The predicted molar refractivity (Wildman–Crippen MR) is 130 cm³/mol. The molecule has 0 atom stereocenters. The van der Waals surface area contributed by atoms with Gasteiger partial charge in [0.25, 0.3) is 0 Å². The normalized spacial score (nSPS) is 18.4. The zero-order chi connectivity index (χ0) is 20.5. The number of aliphatic hydroxyl groups excluding tert-OH is 1. The first-order valence-electron chi connectivity index (χ1n) is 10.7. The van der Waals surface area contributed by atoms with Crippen molar-refractivity contribution in [3.05, 3.63) is 35.9 Å². The summed E-state index contributed by atoms with van der Waals surface area (Å²) in [6.07, 6.45) is 6.85. The Balaban J connectivity index is 1.38. The van der Waals surface area contributed by atoms with E-state index >= 15 is 0 Å². The number of thioether (sulfide) groups is 1. The number of anilines is 2. The van der Waals surface area contributed by atoms with Crippen molar-refractivity contribution in [3.8, 4) is 0 Å². The Morgan fingerprint density at radius 1 is 1.10 bits per heavy atom. The van der Waals surface area contributed by atoms with Gasteiger partial charge in [-0.3, -0.25) is 4.90 Å². The van der Waals surface area contributed by atoms with Crippen LogP contribution in [0.25, 0.3) is 0 Å². The average Bonchev–Trinajstić information content (AvgIpc) is 2.74. The van der Waals surface area contributed by atoms with Crippen LogP contribution in [-0.2, 0) is 0 Å². The number of benzene rings is 1. The molecule has 3 N–H and O–H groups in total. The van der Waals surface area contributed by atoms with E-state index < -0.39 is 0 Å². The first-order chi connectivity index (χ1) is 14.1. The second-order valence-corrected chi connectivity index (χ2v) is 9.44. The summed E-state index contributed by atoms with van der Waals surface area (Å²) in [5.74, 6) is 1.96. The fourth-order valence-corrected chi connectivity index (χ4v) is 5.27. The second kappa shape index (κ2) is 11.8. The Hall–Kier alpha value is -1.28. The van der Waals surface area contributed by atoms with Crippen molar-refractivity contribution in [1.29, 1.82) is 0 Å². The number of piperazine rings is 1. The number of hydrogen-bond donors (Lipinski definition) is 3. The number of β-amino-alcohol motifs (C(OH)–C–C–N with tert-alkyl or cyclic N) is 1. The van der Waals surface area contributed by atoms with Gasteiger partial charge in [0.2, 0.25) is 0 Å². The lowest BCUT2D eigenvalue weighted by Crippen LogP contribution is -2.47. The SMILES string of the molecule is C=C(NC(=S)Nc1ccc(N2CCN(CCO)CC2)cc1)SCC1CCCCC1. The van der Waals surface area contributed by atoms with Crippen molar-refractivity contribution in [3.63, 3.8) is 0 Å². The van der Waals surface area contributed by atoms with Crippen LogP contribution in [0.15, 0.2) is 35.9 Å². The molecule has 0 radical (unpaired) electrons. The number of nitrogens with one attached hydrogen (secondary N) is 2. The summed E-state index contributed by atoms with van der Waals surface area (Å²) in [5.41, 5.74) is 2.21. The molecule has 7 heteroatoms. The number of thiocarbonyl (C=S) groups is 1. The molecule has 2 aliphatic rings. The zero-order valence-corrected chi connectivity index (χ0v) is 18.9. The van der Waals surface area contributed by atoms with Crippen LogP contribution in [0.2, 0.25) is 0 Å². The van der Waals surface area contributed by atoms with E-state index in [1.165, 1.54) is 37.8 Å². The van der Waals surface area contributed by atoms with Gasteiger partial charge < -0.3 is 20.6 Å². The third kappa shape index (κ3) is 7.48. The molecule has 1 aromatic carbocycles. The summed E-state index contributed by atoms with van der Waals surface area (Å²) in [4.78, 5) is 4.69. The second-order valence-electron chi connectivity index (χ2n) is 7.92. The maximum absolute atomic E-state index is 9.06. The number of rotatable bonds is 8. The summed E-state index contributed by atoms with van der Waals surface area (Å²) >= 11 is 7.23. The van der Waals surface area contributed by atoms with Crippen LogP contribution in [0.3, 0.4) is 0 Å². The van der Waals surface area contributed by atoms with E-state index in [2.05, 4.69) is 51.3 Å². The van der Waals surface area contributed by atoms with Crippen LogP contribution in [-0.4, -0.2) is 60.2 Å². The minimum absolute atomic E-state index is 0.236. The predicted octanol–water partition coefficient (Wildman–Crippen LogP) is 3.87. The van der Waals surface area contributed by atoms with E-state index in [9.17, 15) is 0 Å². The summed E-state index contributed by atoms with van der Waals surface area (Å²) in [7, 11) is 0. The molecule has 1 saturated heterocycles. The van der Waals surface area contributed by atoms with Crippen LogP contribution in [0.5, 0.6) is 0 Å². The van der Waals surface area contributed by atoms with Gasteiger partial charge in [-0.25, -0.2) is 0 Å². The van der Waals surface area contributed by atoms with Gasteiger partial charge in [-0.1, -0.05) is 25.8 Å². The fourth-order valence-electron chi connectivity index (χ4n) is 4.02. The van der Waals surface area contributed by atoms with E-state index in [4.69, 9.17) is 17.3 Å². The molecule has 29 heavy (non-hydrogen) atoms.